The van der Waals surface area contributed by atoms with Crippen molar-refractivity contribution in [2.24, 2.45) is 0 Å². The number of benzene rings is 2. The molecule has 0 saturated heterocycles. The van der Waals surface area contributed by atoms with Crippen LogP contribution >= 0.6 is 0 Å². The molecular formula is C21H20N4O5. The topological polar surface area (TPSA) is 116 Å². The van der Waals surface area contributed by atoms with Crippen LogP contribution in [0.15, 0.2) is 54.6 Å². The number of carbonyl (C=O) groups excluding carboxylic acids is 2. The third kappa shape index (κ3) is 4.88. The van der Waals surface area contributed by atoms with Crippen LogP contribution in [0.2, 0.25) is 0 Å². The molecule has 0 spiro atoms. The van der Waals surface area contributed by atoms with Crippen molar-refractivity contribution in [1.29, 1.82) is 0 Å². The maximum Gasteiger partial charge on any atom is 0.269 e. The van der Waals surface area contributed by atoms with E-state index in [0.29, 0.717) is 34.9 Å². The van der Waals surface area contributed by atoms with E-state index < -0.39 is 10.8 Å². The van der Waals surface area contributed by atoms with Gasteiger partial charge in [0.2, 0.25) is 0 Å². The second-order valence-electron chi connectivity index (χ2n) is 6.49. The average molecular weight is 408 g/mol. The van der Waals surface area contributed by atoms with Gasteiger partial charge >= 0.3 is 0 Å². The Morgan fingerprint density at radius 3 is 2.40 bits per heavy atom. The van der Waals surface area contributed by atoms with E-state index in [9.17, 15) is 19.7 Å². The Balaban J connectivity index is 1.65. The van der Waals surface area contributed by atoms with Gasteiger partial charge in [-0.3, -0.25) is 19.7 Å². The summed E-state index contributed by atoms with van der Waals surface area (Å²) in [7, 11) is 0. The van der Waals surface area contributed by atoms with Crippen LogP contribution in [-0.4, -0.2) is 33.0 Å². The van der Waals surface area contributed by atoms with Gasteiger partial charge in [0.15, 0.2) is 12.4 Å². The fourth-order valence-corrected chi connectivity index (χ4v) is 2.77. The Bertz CT molecular complexity index is 1070. The van der Waals surface area contributed by atoms with Crippen LogP contribution < -0.4 is 10.1 Å². The van der Waals surface area contributed by atoms with Crippen LogP contribution in [-0.2, 0) is 4.79 Å². The standard InChI is InChI=1S/C21H20N4O5/c1-3-19(26)15-4-10-18(11-5-15)30-13-21(27)22-20-12-14(2)23-24(20)16-6-8-17(9-7-16)25(28)29/h4-12H,3,13H2,1-2H3,(H,22,27). The summed E-state index contributed by atoms with van der Waals surface area (Å²) >= 11 is 0. The quantitative estimate of drug-likeness (QED) is 0.345. The van der Waals surface area contributed by atoms with Crippen LogP contribution in [0.25, 0.3) is 5.69 Å². The number of Topliss-reactive ketones (excluding diaryl/α,β-unsaturated/α-hetero) is 1. The molecule has 0 aliphatic rings. The van der Waals surface area contributed by atoms with E-state index in [1.807, 2.05) is 0 Å². The van der Waals surface area contributed by atoms with Gasteiger partial charge in [-0.2, -0.15) is 5.10 Å². The molecule has 9 nitrogen and oxygen atoms in total. The first-order valence-electron chi connectivity index (χ1n) is 9.24. The maximum absolute atomic E-state index is 12.3. The normalized spacial score (nSPS) is 10.5. The lowest BCUT2D eigenvalue weighted by Gasteiger charge is -2.10. The number of nitro benzene ring substituents is 1. The number of ketones is 1. The minimum atomic E-state index is -0.483. The summed E-state index contributed by atoms with van der Waals surface area (Å²) in [4.78, 5) is 34.3. The van der Waals surface area contributed by atoms with Gasteiger partial charge in [0.05, 0.1) is 16.3 Å². The number of anilines is 1. The van der Waals surface area contributed by atoms with Gasteiger partial charge in [-0.25, -0.2) is 4.68 Å². The number of aromatic nitrogens is 2. The van der Waals surface area contributed by atoms with Crippen molar-refractivity contribution in [3.8, 4) is 11.4 Å². The van der Waals surface area contributed by atoms with E-state index in [-0.39, 0.29) is 18.1 Å². The molecule has 3 aromatic rings. The molecule has 1 amide bonds. The highest BCUT2D eigenvalue weighted by Gasteiger charge is 2.13. The molecule has 2 aromatic carbocycles. The number of carbonyl (C=O) groups is 2. The monoisotopic (exact) mass is 408 g/mol. The van der Waals surface area contributed by atoms with Crippen molar-refractivity contribution in [2.75, 3.05) is 11.9 Å². The molecule has 1 aromatic heterocycles. The van der Waals surface area contributed by atoms with E-state index >= 15 is 0 Å². The summed E-state index contributed by atoms with van der Waals surface area (Å²) in [5, 5.41) is 17.9. The number of aryl methyl sites for hydroxylation is 1. The molecule has 1 N–H and O–H groups in total. The molecule has 9 heteroatoms. The van der Waals surface area contributed by atoms with Gasteiger partial charge in [-0.15, -0.1) is 0 Å². The summed E-state index contributed by atoms with van der Waals surface area (Å²) < 4.78 is 6.96. The second-order valence-corrected chi connectivity index (χ2v) is 6.49. The van der Waals surface area contributed by atoms with Gasteiger partial charge in [-0.05, 0) is 43.3 Å². The van der Waals surface area contributed by atoms with Crippen LogP contribution in [0.1, 0.15) is 29.4 Å². The van der Waals surface area contributed by atoms with Gasteiger partial charge in [-0.1, -0.05) is 6.92 Å². The zero-order chi connectivity index (χ0) is 21.7. The third-order valence-corrected chi connectivity index (χ3v) is 4.27. The summed E-state index contributed by atoms with van der Waals surface area (Å²) in [6, 6.07) is 14.1. The predicted octanol–water partition coefficient (Wildman–Crippen LogP) is 3.70. The van der Waals surface area contributed by atoms with Crippen LogP contribution in [0, 0.1) is 17.0 Å². The highest BCUT2D eigenvalue weighted by Crippen LogP contribution is 2.20. The van der Waals surface area contributed by atoms with Crippen molar-refractivity contribution in [3.63, 3.8) is 0 Å². The van der Waals surface area contributed by atoms with Crippen molar-refractivity contribution in [1.82, 2.24) is 9.78 Å². The van der Waals surface area contributed by atoms with Crippen LogP contribution in [0.3, 0.4) is 0 Å². The molecule has 0 saturated carbocycles. The molecule has 0 fully saturated rings. The number of nitrogens with one attached hydrogen (secondary N) is 1. The Kier molecular flexibility index (Phi) is 6.21. The first kappa shape index (κ1) is 20.7. The van der Waals surface area contributed by atoms with Crippen molar-refractivity contribution >= 4 is 23.2 Å². The average Bonchev–Trinajstić information content (AvgIpc) is 3.12. The van der Waals surface area contributed by atoms with E-state index in [1.165, 1.54) is 16.8 Å². The van der Waals surface area contributed by atoms with Gasteiger partial charge in [0, 0.05) is 30.2 Å². The lowest BCUT2D eigenvalue weighted by molar-refractivity contribution is -0.384. The smallest absolute Gasteiger partial charge is 0.269 e. The number of non-ortho nitro benzene ring substituents is 1. The number of nitro groups is 1. The number of rotatable bonds is 8. The Morgan fingerprint density at radius 2 is 1.80 bits per heavy atom. The Labute approximate surface area is 172 Å². The maximum atomic E-state index is 12.3. The molecular weight excluding hydrogens is 388 g/mol. The van der Waals surface area contributed by atoms with Gasteiger partial charge in [0.25, 0.3) is 11.6 Å². The highest BCUT2D eigenvalue weighted by atomic mass is 16.6. The molecule has 3 rings (SSSR count). The summed E-state index contributed by atoms with van der Waals surface area (Å²) in [6.45, 7) is 3.33. The lowest BCUT2D eigenvalue weighted by atomic mass is 10.1. The first-order valence-corrected chi connectivity index (χ1v) is 9.24. The minimum Gasteiger partial charge on any atom is -0.484 e. The van der Waals surface area contributed by atoms with E-state index in [1.54, 1.807) is 56.3 Å². The van der Waals surface area contributed by atoms with Crippen LogP contribution in [0.4, 0.5) is 11.5 Å². The summed E-state index contributed by atoms with van der Waals surface area (Å²) in [5.41, 5.74) is 1.80. The SMILES string of the molecule is CCC(=O)c1ccc(OCC(=O)Nc2cc(C)nn2-c2ccc([N+](=O)[O-])cc2)cc1. The molecule has 1 heterocycles. The summed E-state index contributed by atoms with van der Waals surface area (Å²) in [6.07, 6.45) is 0.421. The third-order valence-electron chi connectivity index (χ3n) is 4.27. The van der Waals surface area contributed by atoms with E-state index in [4.69, 9.17) is 4.74 Å². The number of amides is 1. The summed E-state index contributed by atoms with van der Waals surface area (Å²) in [5.74, 6) is 0.526. The second kappa shape index (κ2) is 8.99. The first-order chi connectivity index (χ1) is 14.4. The fraction of sp³-hybridized carbons (Fsp3) is 0.190. The Morgan fingerprint density at radius 1 is 1.13 bits per heavy atom. The molecule has 0 bridgehead atoms. The van der Waals surface area contributed by atoms with Crippen LogP contribution in [0.5, 0.6) is 5.75 Å². The van der Waals surface area contributed by atoms with Crippen molar-refractivity contribution < 1.29 is 19.2 Å². The molecule has 0 aliphatic carbocycles. The minimum absolute atomic E-state index is 0.0340. The zero-order valence-electron chi connectivity index (χ0n) is 16.5. The molecule has 0 radical (unpaired) electrons. The predicted molar refractivity (Wildman–Crippen MR) is 110 cm³/mol. The number of hydrogen-bond donors (Lipinski definition) is 1. The molecule has 0 unspecified atom stereocenters. The van der Waals surface area contributed by atoms with Gasteiger partial charge < -0.3 is 10.1 Å². The van der Waals surface area contributed by atoms with E-state index in [2.05, 4.69) is 10.4 Å². The van der Waals surface area contributed by atoms with E-state index in [0.717, 1.165) is 0 Å². The molecule has 0 aliphatic heterocycles. The lowest BCUT2D eigenvalue weighted by Crippen LogP contribution is -2.21. The van der Waals surface area contributed by atoms with Crippen molar-refractivity contribution in [3.05, 3.63) is 76.0 Å². The molecule has 0 atom stereocenters. The fourth-order valence-electron chi connectivity index (χ4n) is 2.77. The zero-order valence-corrected chi connectivity index (χ0v) is 16.5. The molecule has 30 heavy (non-hydrogen) atoms. The number of ether oxygens (including phenoxy) is 1. The Hall–Kier alpha value is -4.01. The largest absolute Gasteiger partial charge is 0.484 e. The highest BCUT2D eigenvalue weighted by molar-refractivity contribution is 5.96. The molecule has 154 valence electrons. The van der Waals surface area contributed by atoms with Crippen molar-refractivity contribution in [2.45, 2.75) is 20.3 Å². The van der Waals surface area contributed by atoms with Gasteiger partial charge in [0.1, 0.15) is 11.6 Å². The number of nitrogens with zero attached hydrogens (tertiary/aromatic N) is 3. The number of hydrogen-bond acceptors (Lipinski definition) is 6.